The molecule has 0 unspecified atom stereocenters. The number of hydrogen-bond acceptors (Lipinski definition) is 6. The molecule has 39 heavy (non-hydrogen) atoms. The molecule has 0 saturated carbocycles. The summed E-state index contributed by atoms with van der Waals surface area (Å²) in [6.07, 6.45) is -5.08. The zero-order chi connectivity index (χ0) is 29.6. The molecule has 0 bridgehead atoms. The second-order valence-electron chi connectivity index (χ2n) is 8.62. The quantitative estimate of drug-likeness (QED) is 0.186. The number of primary sulfonamides is 1. The maximum Gasteiger partial charge on any atom is 0.490 e. The van der Waals surface area contributed by atoms with Gasteiger partial charge in [-0.1, -0.05) is 42.5 Å². The fraction of sp³-hybridized carbons (Fsp3) is 0.160. The number of sulfonamides is 1. The highest BCUT2D eigenvalue weighted by molar-refractivity contribution is 7.89. The van der Waals surface area contributed by atoms with Crippen LogP contribution in [-0.4, -0.2) is 43.0 Å². The van der Waals surface area contributed by atoms with Crippen LogP contribution in [0.4, 0.5) is 24.5 Å². The van der Waals surface area contributed by atoms with Crippen molar-refractivity contribution < 1.29 is 36.3 Å². The molecule has 3 aromatic carbocycles. The van der Waals surface area contributed by atoms with E-state index in [-0.39, 0.29) is 16.6 Å². The van der Waals surface area contributed by atoms with E-state index >= 15 is 0 Å². The predicted octanol–water partition coefficient (Wildman–Crippen LogP) is 3.75. The maximum atomic E-state index is 12.9. The van der Waals surface area contributed by atoms with Crippen molar-refractivity contribution in [2.45, 2.75) is 30.5 Å². The van der Waals surface area contributed by atoms with E-state index in [0.717, 1.165) is 0 Å². The number of halogens is 3. The van der Waals surface area contributed by atoms with E-state index in [2.05, 4.69) is 10.6 Å². The molecule has 0 heterocycles. The van der Waals surface area contributed by atoms with Crippen LogP contribution in [0.2, 0.25) is 0 Å². The van der Waals surface area contributed by atoms with Crippen LogP contribution < -0.4 is 21.5 Å². The number of carboxylic acid groups (broad SMARTS) is 1. The number of amidine groups is 1. The van der Waals surface area contributed by atoms with Gasteiger partial charge < -0.3 is 21.5 Å². The zero-order valence-corrected chi connectivity index (χ0v) is 21.5. The molecule has 0 saturated heterocycles. The van der Waals surface area contributed by atoms with Gasteiger partial charge in [0.25, 0.3) is 0 Å². The molecule has 1 amide bonds. The normalized spacial score (nSPS) is 11.5. The Kier molecular flexibility index (Phi) is 9.44. The minimum atomic E-state index is -5.08. The van der Waals surface area contributed by atoms with E-state index in [0.29, 0.717) is 28.1 Å². The van der Waals surface area contributed by atoms with Crippen molar-refractivity contribution in [2.75, 3.05) is 10.6 Å². The number of carboxylic acids is 1. The summed E-state index contributed by atoms with van der Waals surface area (Å²) in [4.78, 5) is 21.8. The molecule has 0 aliphatic rings. The molecule has 0 aromatic heterocycles. The molecule has 3 aromatic rings. The number of hydrogen-bond donors (Lipinski definition) is 6. The Balaban J connectivity index is 0.000000673. The smallest absolute Gasteiger partial charge is 0.475 e. The number of carbonyl (C=O) groups is 2. The minimum absolute atomic E-state index is 0.0370. The highest BCUT2D eigenvalue weighted by Gasteiger charge is 2.38. The molecular weight excluding hydrogens is 539 g/mol. The van der Waals surface area contributed by atoms with Crippen molar-refractivity contribution in [3.8, 4) is 11.1 Å². The number of anilines is 2. The Bertz CT molecular complexity index is 1470. The highest BCUT2D eigenvalue weighted by atomic mass is 32.2. The van der Waals surface area contributed by atoms with Crippen LogP contribution in [0.3, 0.4) is 0 Å². The third-order valence-electron chi connectivity index (χ3n) is 5.09. The Morgan fingerprint density at radius 2 is 1.49 bits per heavy atom. The van der Waals surface area contributed by atoms with Gasteiger partial charge in [-0.2, -0.15) is 13.2 Å². The maximum absolute atomic E-state index is 12.9. The molecule has 208 valence electrons. The molecule has 14 heteroatoms. The van der Waals surface area contributed by atoms with Gasteiger partial charge in [0.15, 0.2) is 0 Å². The van der Waals surface area contributed by atoms with Crippen molar-refractivity contribution in [3.05, 3.63) is 78.4 Å². The molecule has 3 rings (SSSR count). The van der Waals surface area contributed by atoms with E-state index < -0.39 is 27.7 Å². The first-order valence-electron chi connectivity index (χ1n) is 11.0. The molecule has 10 nitrogen and oxygen atoms in total. The van der Waals surface area contributed by atoms with Crippen LogP contribution in [0.5, 0.6) is 0 Å². The van der Waals surface area contributed by atoms with Crippen molar-refractivity contribution >= 4 is 39.1 Å². The summed E-state index contributed by atoms with van der Waals surface area (Å²) in [6.45, 7) is 3.47. The summed E-state index contributed by atoms with van der Waals surface area (Å²) in [5.41, 5.74) is 7.48. The number of aliphatic carboxylic acids is 1. The van der Waals surface area contributed by atoms with E-state index in [1.54, 1.807) is 80.6 Å². The van der Waals surface area contributed by atoms with Crippen LogP contribution in [0.25, 0.3) is 11.1 Å². The van der Waals surface area contributed by atoms with Gasteiger partial charge in [-0.3, -0.25) is 10.2 Å². The summed E-state index contributed by atoms with van der Waals surface area (Å²) < 4.78 is 55.4. The number of benzene rings is 3. The average molecular weight is 566 g/mol. The van der Waals surface area contributed by atoms with E-state index in [4.69, 9.17) is 26.2 Å². The molecule has 0 atom stereocenters. The van der Waals surface area contributed by atoms with Crippen molar-refractivity contribution in [3.63, 3.8) is 0 Å². The van der Waals surface area contributed by atoms with Crippen LogP contribution >= 0.6 is 0 Å². The number of nitrogen functional groups attached to an aromatic ring is 1. The summed E-state index contributed by atoms with van der Waals surface area (Å²) in [5.74, 6) is -3.09. The zero-order valence-electron chi connectivity index (χ0n) is 20.7. The monoisotopic (exact) mass is 565 g/mol. The molecular formula is C25H26F3N5O5S. The SMILES string of the molecule is CC(C)(Nc1cccc(C(=N)N)c1)C(=O)Nc1ccc(-c2ccccc2S(N)(=O)=O)cc1.O=C(O)C(F)(F)F. The van der Waals surface area contributed by atoms with Gasteiger partial charge in [-0.15, -0.1) is 0 Å². The lowest BCUT2D eigenvalue weighted by Crippen LogP contribution is -2.44. The largest absolute Gasteiger partial charge is 0.490 e. The summed E-state index contributed by atoms with van der Waals surface area (Å²) in [7, 11) is -3.87. The molecule has 0 fully saturated rings. The highest BCUT2D eigenvalue weighted by Crippen LogP contribution is 2.28. The Labute approximate surface area is 222 Å². The summed E-state index contributed by atoms with van der Waals surface area (Å²) >= 11 is 0. The van der Waals surface area contributed by atoms with E-state index in [1.165, 1.54) is 6.07 Å². The van der Waals surface area contributed by atoms with Gasteiger partial charge in [0.2, 0.25) is 15.9 Å². The minimum Gasteiger partial charge on any atom is -0.475 e. The predicted molar refractivity (Wildman–Crippen MR) is 141 cm³/mol. The van der Waals surface area contributed by atoms with Crippen molar-refractivity contribution in [2.24, 2.45) is 10.9 Å². The number of rotatable bonds is 7. The standard InChI is InChI=1S/C23H25N5O3S.C2HF3O2/c1-23(2,28-18-7-5-6-16(14-18)21(24)25)22(29)27-17-12-10-15(11-13-17)19-8-3-4-9-20(19)32(26,30)31;3-2(4,5)1(6)7/h3-14,28H,1-2H3,(H3,24,25)(H,27,29)(H2,26,30,31);(H,6,7). The number of carbonyl (C=O) groups excluding carboxylic acids is 1. The number of amides is 1. The van der Waals surface area contributed by atoms with Crippen LogP contribution in [0.15, 0.2) is 77.7 Å². The van der Waals surface area contributed by atoms with Gasteiger partial charge >= 0.3 is 12.1 Å². The van der Waals surface area contributed by atoms with Crippen molar-refractivity contribution in [1.82, 2.24) is 0 Å². The topological polar surface area (TPSA) is 188 Å². The van der Waals surface area contributed by atoms with Gasteiger partial charge in [-0.25, -0.2) is 18.4 Å². The summed E-state index contributed by atoms with van der Waals surface area (Å²) in [6, 6.07) is 20.3. The van der Waals surface area contributed by atoms with Gasteiger partial charge in [0, 0.05) is 22.5 Å². The molecule has 0 aliphatic carbocycles. The Morgan fingerprint density at radius 1 is 0.923 bits per heavy atom. The Morgan fingerprint density at radius 3 is 2.00 bits per heavy atom. The van der Waals surface area contributed by atoms with E-state index in [1.807, 2.05) is 0 Å². The number of nitrogens with two attached hydrogens (primary N) is 2. The summed E-state index contributed by atoms with van der Waals surface area (Å²) in [5, 5.41) is 26.0. The van der Waals surface area contributed by atoms with Gasteiger partial charge in [0.1, 0.15) is 11.4 Å². The first kappa shape index (κ1) is 30.8. The second kappa shape index (κ2) is 12.0. The second-order valence-corrected chi connectivity index (χ2v) is 10.1. The van der Waals surface area contributed by atoms with Crippen LogP contribution in [-0.2, 0) is 19.6 Å². The molecule has 0 radical (unpaired) electrons. The first-order valence-corrected chi connectivity index (χ1v) is 12.5. The lowest BCUT2D eigenvalue weighted by molar-refractivity contribution is -0.192. The molecule has 0 spiro atoms. The molecule has 8 N–H and O–H groups in total. The number of nitrogens with one attached hydrogen (secondary N) is 3. The fourth-order valence-electron chi connectivity index (χ4n) is 3.16. The third-order valence-corrected chi connectivity index (χ3v) is 6.06. The van der Waals surface area contributed by atoms with E-state index in [9.17, 15) is 26.4 Å². The van der Waals surface area contributed by atoms with Crippen LogP contribution in [0.1, 0.15) is 19.4 Å². The lowest BCUT2D eigenvalue weighted by atomic mass is 10.0. The molecule has 0 aliphatic heterocycles. The fourth-order valence-corrected chi connectivity index (χ4v) is 3.92. The Hall–Kier alpha value is -4.43. The van der Waals surface area contributed by atoms with Crippen LogP contribution in [0, 0.1) is 5.41 Å². The van der Waals surface area contributed by atoms with Crippen molar-refractivity contribution in [1.29, 1.82) is 5.41 Å². The third kappa shape index (κ3) is 8.83. The average Bonchev–Trinajstić information content (AvgIpc) is 2.83. The van der Waals surface area contributed by atoms with Gasteiger partial charge in [0.05, 0.1) is 4.90 Å². The lowest BCUT2D eigenvalue weighted by Gasteiger charge is -2.26. The van der Waals surface area contributed by atoms with Gasteiger partial charge in [-0.05, 0) is 49.7 Å². The number of alkyl halides is 3. The first-order chi connectivity index (χ1) is 17.9.